The van der Waals surface area contributed by atoms with Crippen LogP contribution in [0.3, 0.4) is 0 Å². The van der Waals surface area contributed by atoms with Crippen LogP contribution in [-0.2, 0) is 6.54 Å². The van der Waals surface area contributed by atoms with Crippen LogP contribution in [0.25, 0.3) is 0 Å². The van der Waals surface area contributed by atoms with E-state index in [0.717, 1.165) is 12.5 Å². The summed E-state index contributed by atoms with van der Waals surface area (Å²) in [5.74, 6) is 0.808. The van der Waals surface area contributed by atoms with Gasteiger partial charge in [-0.2, -0.15) is 0 Å². The Hall–Kier alpha value is -2.49. The fourth-order valence-electron chi connectivity index (χ4n) is 2.56. The highest BCUT2D eigenvalue weighted by atomic mass is 15.2. The summed E-state index contributed by atoms with van der Waals surface area (Å²) in [7, 11) is 5.92. The molecule has 0 amide bonds. The number of aliphatic imine (C=N–C) groups is 1. The first kappa shape index (κ1) is 17.9. The van der Waals surface area contributed by atoms with E-state index >= 15 is 0 Å². The fourth-order valence-corrected chi connectivity index (χ4v) is 2.56. The zero-order valence-corrected chi connectivity index (χ0v) is 15.3. The molecule has 0 saturated carbocycles. The summed E-state index contributed by atoms with van der Waals surface area (Å²) in [6.07, 6.45) is 0. The normalized spacial score (nSPS) is 12.6. The molecule has 128 valence electrons. The Morgan fingerprint density at radius 1 is 1.12 bits per heavy atom. The molecule has 0 heterocycles. The SMILES string of the molecule is CN=C(NCc1ccc(N(C)C)cc1C)NC(C)c1ccccc1. The van der Waals surface area contributed by atoms with Crippen LogP contribution in [-0.4, -0.2) is 27.1 Å². The maximum Gasteiger partial charge on any atom is 0.191 e. The van der Waals surface area contributed by atoms with Gasteiger partial charge in [-0.1, -0.05) is 36.4 Å². The van der Waals surface area contributed by atoms with Gasteiger partial charge in [0.2, 0.25) is 0 Å². The summed E-state index contributed by atoms with van der Waals surface area (Å²) in [6, 6.07) is 17.1. The quantitative estimate of drug-likeness (QED) is 0.653. The molecule has 1 atom stereocenters. The molecule has 0 saturated heterocycles. The van der Waals surface area contributed by atoms with Crippen LogP contribution in [0.2, 0.25) is 0 Å². The van der Waals surface area contributed by atoms with Gasteiger partial charge in [0, 0.05) is 33.4 Å². The van der Waals surface area contributed by atoms with Gasteiger partial charge in [0.25, 0.3) is 0 Å². The number of benzene rings is 2. The molecule has 0 radical (unpaired) electrons. The van der Waals surface area contributed by atoms with Gasteiger partial charge in [0.1, 0.15) is 0 Å². The van der Waals surface area contributed by atoms with Crippen LogP contribution >= 0.6 is 0 Å². The number of hydrogen-bond donors (Lipinski definition) is 2. The van der Waals surface area contributed by atoms with Gasteiger partial charge >= 0.3 is 0 Å². The Morgan fingerprint density at radius 3 is 2.42 bits per heavy atom. The molecule has 24 heavy (non-hydrogen) atoms. The van der Waals surface area contributed by atoms with Crippen molar-refractivity contribution in [1.29, 1.82) is 0 Å². The van der Waals surface area contributed by atoms with Crippen molar-refractivity contribution >= 4 is 11.6 Å². The standard InChI is InChI=1S/C20H28N4/c1-15-13-19(24(4)5)12-11-18(15)14-22-20(21-3)23-16(2)17-9-7-6-8-10-17/h6-13,16H,14H2,1-5H3,(H2,21,22,23). The van der Waals surface area contributed by atoms with E-state index in [9.17, 15) is 0 Å². The van der Waals surface area contributed by atoms with Crippen LogP contribution in [0.5, 0.6) is 0 Å². The van der Waals surface area contributed by atoms with E-state index < -0.39 is 0 Å². The minimum absolute atomic E-state index is 0.203. The van der Waals surface area contributed by atoms with Crippen molar-refractivity contribution in [2.24, 2.45) is 4.99 Å². The third-order valence-electron chi connectivity index (χ3n) is 4.17. The minimum atomic E-state index is 0.203. The van der Waals surface area contributed by atoms with E-state index in [1.165, 1.54) is 22.4 Å². The van der Waals surface area contributed by atoms with Crippen LogP contribution in [0, 0.1) is 6.92 Å². The lowest BCUT2D eigenvalue weighted by Crippen LogP contribution is -2.38. The molecule has 0 aromatic heterocycles. The minimum Gasteiger partial charge on any atom is -0.378 e. The molecule has 4 heteroatoms. The second kappa shape index (κ2) is 8.39. The monoisotopic (exact) mass is 324 g/mol. The van der Waals surface area contributed by atoms with Crippen molar-refractivity contribution in [3.8, 4) is 0 Å². The topological polar surface area (TPSA) is 39.7 Å². The molecule has 4 nitrogen and oxygen atoms in total. The van der Waals surface area contributed by atoms with Gasteiger partial charge in [0.05, 0.1) is 6.04 Å². The molecule has 0 aliphatic carbocycles. The molecular weight excluding hydrogens is 296 g/mol. The number of anilines is 1. The summed E-state index contributed by atoms with van der Waals surface area (Å²) < 4.78 is 0. The average Bonchev–Trinajstić information content (AvgIpc) is 2.59. The molecular formula is C20H28N4. The Bertz CT molecular complexity index is 677. The van der Waals surface area contributed by atoms with Crippen LogP contribution in [0.1, 0.15) is 29.7 Å². The molecule has 2 N–H and O–H groups in total. The van der Waals surface area contributed by atoms with Crippen molar-refractivity contribution in [2.45, 2.75) is 26.4 Å². The number of hydrogen-bond acceptors (Lipinski definition) is 2. The lowest BCUT2D eigenvalue weighted by molar-refractivity contribution is 0.685. The van der Waals surface area contributed by atoms with Gasteiger partial charge in [-0.05, 0) is 42.7 Å². The summed E-state index contributed by atoms with van der Waals surface area (Å²) in [5.41, 5.74) is 5.01. The van der Waals surface area contributed by atoms with Crippen LogP contribution in [0.4, 0.5) is 5.69 Å². The smallest absolute Gasteiger partial charge is 0.191 e. The van der Waals surface area contributed by atoms with Gasteiger partial charge in [-0.15, -0.1) is 0 Å². The zero-order valence-electron chi connectivity index (χ0n) is 15.3. The Kier molecular flexibility index (Phi) is 6.24. The zero-order chi connectivity index (χ0) is 17.5. The van der Waals surface area contributed by atoms with E-state index in [4.69, 9.17) is 0 Å². The Labute approximate surface area is 145 Å². The first-order valence-electron chi connectivity index (χ1n) is 8.30. The van der Waals surface area contributed by atoms with Crippen LogP contribution < -0.4 is 15.5 Å². The lowest BCUT2D eigenvalue weighted by atomic mass is 10.1. The molecule has 0 fully saturated rings. The van der Waals surface area contributed by atoms with Crippen LogP contribution in [0.15, 0.2) is 53.5 Å². The van der Waals surface area contributed by atoms with Crippen molar-refractivity contribution in [3.05, 3.63) is 65.2 Å². The van der Waals surface area contributed by atoms with E-state index in [2.05, 4.69) is 90.9 Å². The summed E-state index contributed by atoms with van der Waals surface area (Å²) in [4.78, 5) is 6.45. The van der Waals surface area contributed by atoms with Gasteiger partial charge in [-0.25, -0.2) is 0 Å². The Balaban J connectivity index is 1.97. The number of nitrogens with zero attached hydrogens (tertiary/aromatic N) is 2. The van der Waals surface area contributed by atoms with Crippen molar-refractivity contribution < 1.29 is 0 Å². The number of guanidine groups is 1. The molecule has 0 spiro atoms. The molecule has 0 aliphatic heterocycles. The first-order chi connectivity index (χ1) is 11.5. The highest BCUT2D eigenvalue weighted by Crippen LogP contribution is 2.17. The van der Waals surface area contributed by atoms with Crippen molar-refractivity contribution in [1.82, 2.24) is 10.6 Å². The lowest BCUT2D eigenvalue weighted by Gasteiger charge is -2.19. The number of rotatable bonds is 5. The largest absolute Gasteiger partial charge is 0.378 e. The summed E-state index contributed by atoms with van der Waals surface area (Å²) in [5, 5.41) is 6.83. The fraction of sp³-hybridized carbons (Fsp3) is 0.350. The van der Waals surface area contributed by atoms with Gasteiger partial charge in [0.15, 0.2) is 5.96 Å². The number of aryl methyl sites for hydroxylation is 1. The van der Waals surface area contributed by atoms with Gasteiger partial charge in [-0.3, -0.25) is 4.99 Å². The molecule has 2 rings (SSSR count). The molecule has 2 aromatic carbocycles. The van der Waals surface area contributed by atoms with E-state index in [1.54, 1.807) is 7.05 Å². The summed E-state index contributed by atoms with van der Waals surface area (Å²) >= 11 is 0. The van der Waals surface area contributed by atoms with E-state index in [0.29, 0.717) is 0 Å². The maximum absolute atomic E-state index is 4.33. The highest BCUT2D eigenvalue weighted by Gasteiger charge is 2.08. The molecule has 2 aromatic rings. The number of nitrogens with one attached hydrogen (secondary N) is 2. The highest BCUT2D eigenvalue weighted by molar-refractivity contribution is 5.80. The third-order valence-corrected chi connectivity index (χ3v) is 4.17. The molecule has 1 unspecified atom stereocenters. The van der Waals surface area contributed by atoms with E-state index in [1.807, 2.05) is 6.07 Å². The maximum atomic E-state index is 4.33. The van der Waals surface area contributed by atoms with Crippen molar-refractivity contribution in [2.75, 3.05) is 26.0 Å². The third kappa shape index (κ3) is 4.75. The van der Waals surface area contributed by atoms with Gasteiger partial charge < -0.3 is 15.5 Å². The predicted octanol–water partition coefficient (Wildman–Crippen LogP) is 3.49. The molecule has 0 bridgehead atoms. The summed E-state index contributed by atoms with van der Waals surface area (Å²) in [6.45, 7) is 5.03. The Morgan fingerprint density at radius 2 is 1.83 bits per heavy atom. The predicted molar refractivity (Wildman–Crippen MR) is 104 cm³/mol. The average molecular weight is 324 g/mol. The first-order valence-corrected chi connectivity index (χ1v) is 8.30. The second-order valence-electron chi connectivity index (χ2n) is 6.21. The molecule has 0 aliphatic rings. The van der Waals surface area contributed by atoms with E-state index in [-0.39, 0.29) is 6.04 Å². The second-order valence-corrected chi connectivity index (χ2v) is 6.21. The van der Waals surface area contributed by atoms with Crippen molar-refractivity contribution in [3.63, 3.8) is 0 Å².